The van der Waals surface area contributed by atoms with Crippen LogP contribution in [-0.2, 0) is 0 Å². The molecule has 4 heteroatoms. The van der Waals surface area contributed by atoms with Crippen molar-refractivity contribution in [3.63, 3.8) is 0 Å². The van der Waals surface area contributed by atoms with Crippen molar-refractivity contribution >= 4 is 16.7 Å². The van der Waals surface area contributed by atoms with Gasteiger partial charge in [0.15, 0.2) is 0 Å². The lowest BCUT2D eigenvalue weighted by molar-refractivity contribution is 1.00. The number of benzene rings is 1. The van der Waals surface area contributed by atoms with Crippen LogP contribution in [0.3, 0.4) is 0 Å². The average molecular weight is 252 g/mol. The third kappa shape index (κ3) is 1.85. The normalized spacial score (nSPS) is 11.1. The Balaban J connectivity index is 2.28. The van der Waals surface area contributed by atoms with Crippen LogP contribution in [0, 0.1) is 20.8 Å². The SMILES string of the molecule is Cc1cc2ncn(-c3ncc(N)cc3C)c2cc1C. The van der Waals surface area contributed by atoms with Crippen LogP contribution in [0.15, 0.2) is 30.7 Å². The van der Waals surface area contributed by atoms with Gasteiger partial charge in [-0.25, -0.2) is 9.97 Å². The van der Waals surface area contributed by atoms with E-state index < -0.39 is 0 Å². The molecule has 0 aliphatic heterocycles. The predicted octanol–water partition coefficient (Wildman–Crippen LogP) is 2.93. The van der Waals surface area contributed by atoms with Gasteiger partial charge in [0, 0.05) is 0 Å². The van der Waals surface area contributed by atoms with Gasteiger partial charge < -0.3 is 5.73 Å². The summed E-state index contributed by atoms with van der Waals surface area (Å²) in [5.74, 6) is 0.875. The third-order valence-corrected chi connectivity index (χ3v) is 3.46. The van der Waals surface area contributed by atoms with Crippen LogP contribution in [0.5, 0.6) is 0 Å². The molecule has 0 fully saturated rings. The zero-order valence-corrected chi connectivity index (χ0v) is 11.3. The topological polar surface area (TPSA) is 56.7 Å². The summed E-state index contributed by atoms with van der Waals surface area (Å²) in [4.78, 5) is 8.87. The Morgan fingerprint density at radius 1 is 0.947 bits per heavy atom. The summed E-state index contributed by atoms with van der Waals surface area (Å²) in [5, 5.41) is 0. The van der Waals surface area contributed by atoms with E-state index in [1.165, 1.54) is 11.1 Å². The maximum atomic E-state index is 5.75. The van der Waals surface area contributed by atoms with Crippen molar-refractivity contribution in [2.24, 2.45) is 0 Å². The van der Waals surface area contributed by atoms with E-state index in [1.807, 2.05) is 23.9 Å². The lowest BCUT2D eigenvalue weighted by atomic mass is 10.1. The number of imidazole rings is 1. The number of nitrogen functional groups attached to an aromatic ring is 1. The van der Waals surface area contributed by atoms with Gasteiger partial charge in [0.05, 0.1) is 22.9 Å². The molecule has 0 amide bonds. The molecule has 0 saturated heterocycles. The first-order valence-electron chi connectivity index (χ1n) is 6.23. The molecular formula is C15H16N4. The number of fused-ring (bicyclic) bond motifs is 1. The number of rotatable bonds is 1. The number of aromatic nitrogens is 3. The van der Waals surface area contributed by atoms with Gasteiger partial charge in [0.1, 0.15) is 12.1 Å². The fourth-order valence-electron chi connectivity index (χ4n) is 2.27. The second-order valence-corrected chi connectivity index (χ2v) is 4.95. The van der Waals surface area contributed by atoms with Crippen LogP contribution in [0.1, 0.15) is 16.7 Å². The van der Waals surface area contributed by atoms with Crippen LogP contribution < -0.4 is 5.73 Å². The highest BCUT2D eigenvalue weighted by molar-refractivity contribution is 5.79. The first-order chi connectivity index (χ1) is 9.06. The molecule has 0 radical (unpaired) electrons. The molecule has 19 heavy (non-hydrogen) atoms. The van der Waals surface area contributed by atoms with Crippen LogP contribution in [0.2, 0.25) is 0 Å². The van der Waals surface area contributed by atoms with Crippen LogP contribution in [-0.4, -0.2) is 14.5 Å². The molecule has 4 nitrogen and oxygen atoms in total. The molecule has 3 rings (SSSR count). The van der Waals surface area contributed by atoms with Gasteiger partial charge >= 0.3 is 0 Å². The Hall–Kier alpha value is -2.36. The second kappa shape index (κ2) is 4.09. The Bertz CT molecular complexity index is 771. The first kappa shape index (κ1) is 11.7. The van der Waals surface area contributed by atoms with Gasteiger partial charge in [-0.3, -0.25) is 4.57 Å². The zero-order valence-electron chi connectivity index (χ0n) is 11.3. The molecule has 0 aliphatic rings. The molecule has 2 aromatic heterocycles. The Morgan fingerprint density at radius 3 is 2.42 bits per heavy atom. The Morgan fingerprint density at radius 2 is 1.68 bits per heavy atom. The Kier molecular flexibility index (Phi) is 2.52. The van der Waals surface area contributed by atoms with E-state index in [0.717, 1.165) is 22.4 Å². The predicted molar refractivity (Wildman–Crippen MR) is 77.5 cm³/mol. The van der Waals surface area contributed by atoms with Crippen LogP contribution >= 0.6 is 0 Å². The van der Waals surface area contributed by atoms with Crippen molar-refractivity contribution in [2.75, 3.05) is 5.73 Å². The maximum Gasteiger partial charge on any atom is 0.141 e. The monoisotopic (exact) mass is 252 g/mol. The summed E-state index contributed by atoms with van der Waals surface area (Å²) in [6.07, 6.45) is 3.49. The fourth-order valence-corrected chi connectivity index (χ4v) is 2.27. The van der Waals surface area contributed by atoms with Crippen LogP contribution in [0.4, 0.5) is 5.69 Å². The van der Waals surface area contributed by atoms with Crippen LogP contribution in [0.25, 0.3) is 16.9 Å². The summed E-state index contributed by atoms with van der Waals surface area (Å²) in [6, 6.07) is 6.18. The number of pyridine rings is 1. The van der Waals surface area contributed by atoms with Crippen molar-refractivity contribution in [1.29, 1.82) is 0 Å². The molecule has 3 aromatic rings. The molecule has 0 unspecified atom stereocenters. The summed E-state index contributed by atoms with van der Waals surface area (Å²) < 4.78 is 2.01. The van der Waals surface area contributed by atoms with Gasteiger partial charge in [-0.15, -0.1) is 0 Å². The van der Waals surface area contributed by atoms with Gasteiger partial charge in [0.25, 0.3) is 0 Å². The highest BCUT2D eigenvalue weighted by atomic mass is 15.1. The molecule has 1 aromatic carbocycles. The van der Waals surface area contributed by atoms with E-state index in [9.17, 15) is 0 Å². The zero-order chi connectivity index (χ0) is 13.6. The maximum absolute atomic E-state index is 5.75. The lowest BCUT2D eigenvalue weighted by Gasteiger charge is -2.08. The molecule has 0 aliphatic carbocycles. The Labute approximate surface area is 111 Å². The van der Waals surface area contributed by atoms with Crippen molar-refractivity contribution in [3.05, 3.63) is 47.4 Å². The largest absolute Gasteiger partial charge is 0.397 e. The van der Waals surface area contributed by atoms with Crippen molar-refractivity contribution < 1.29 is 0 Å². The molecule has 0 spiro atoms. The van der Waals surface area contributed by atoms with Gasteiger partial charge in [-0.1, -0.05) is 0 Å². The molecule has 2 heterocycles. The van der Waals surface area contributed by atoms with E-state index in [0.29, 0.717) is 5.69 Å². The van der Waals surface area contributed by atoms with Gasteiger partial charge in [-0.2, -0.15) is 0 Å². The minimum Gasteiger partial charge on any atom is -0.397 e. The van der Waals surface area contributed by atoms with E-state index in [2.05, 4.69) is 35.9 Å². The van der Waals surface area contributed by atoms with E-state index in [-0.39, 0.29) is 0 Å². The molecule has 96 valence electrons. The second-order valence-electron chi connectivity index (χ2n) is 4.95. The molecule has 0 saturated carbocycles. The van der Waals surface area contributed by atoms with Crippen molar-refractivity contribution in [3.8, 4) is 5.82 Å². The first-order valence-corrected chi connectivity index (χ1v) is 6.23. The number of anilines is 1. The van der Waals surface area contributed by atoms with E-state index in [4.69, 9.17) is 5.73 Å². The molecule has 2 N–H and O–H groups in total. The fraction of sp³-hybridized carbons (Fsp3) is 0.200. The molecule has 0 atom stereocenters. The number of nitrogens with zero attached hydrogens (tertiary/aromatic N) is 3. The average Bonchev–Trinajstić information content (AvgIpc) is 2.73. The number of aryl methyl sites for hydroxylation is 3. The molecule has 0 bridgehead atoms. The summed E-state index contributed by atoms with van der Waals surface area (Å²) in [6.45, 7) is 6.21. The quantitative estimate of drug-likeness (QED) is 0.724. The summed E-state index contributed by atoms with van der Waals surface area (Å²) in [5.41, 5.74) is 12.0. The summed E-state index contributed by atoms with van der Waals surface area (Å²) in [7, 11) is 0. The number of hydrogen-bond donors (Lipinski definition) is 1. The minimum atomic E-state index is 0.678. The van der Waals surface area contributed by atoms with Gasteiger partial charge in [-0.05, 0) is 55.7 Å². The number of hydrogen-bond acceptors (Lipinski definition) is 3. The van der Waals surface area contributed by atoms with Crippen molar-refractivity contribution in [1.82, 2.24) is 14.5 Å². The highest BCUT2D eigenvalue weighted by Gasteiger charge is 2.09. The van der Waals surface area contributed by atoms with E-state index >= 15 is 0 Å². The van der Waals surface area contributed by atoms with Gasteiger partial charge in [0.2, 0.25) is 0 Å². The number of nitrogens with two attached hydrogens (primary N) is 1. The van der Waals surface area contributed by atoms with E-state index in [1.54, 1.807) is 6.20 Å². The standard InChI is InChI=1S/C15H16N4/c1-9-5-13-14(6-10(9)2)19(8-18-13)15-11(3)4-12(16)7-17-15/h4-8H,16H2,1-3H3. The van der Waals surface area contributed by atoms with Crippen molar-refractivity contribution in [2.45, 2.75) is 20.8 Å². The third-order valence-electron chi connectivity index (χ3n) is 3.46. The minimum absolute atomic E-state index is 0.678. The molecular weight excluding hydrogens is 236 g/mol. The highest BCUT2D eigenvalue weighted by Crippen LogP contribution is 2.23. The lowest BCUT2D eigenvalue weighted by Crippen LogP contribution is -2.00. The smallest absolute Gasteiger partial charge is 0.141 e. The summed E-state index contributed by atoms with van der Waals surface area (Å²) >= 11 is 0.